The van der Waals surface area contributed by atoms with Gasteiger partial charge in [0.2, 0.25) is 28.4 Å². The van der Waals surface area contributed by atoms with Crippen molar-refractivity contribution in [1.29, 1.82) is 0 Å². The number of pyridine rings is 2. The smallest absolute Gasteiger partial charge is 0.330 e. The second kappa shape index (κ2) is 24.0. The summed E-state index contributed by atoms with van der Waals surface area (Å²) >= 11 is 11.9. The monoisotopic (exact) mass is 1550 g/mol. The van der Waals surface area contributed by atoms with Crippen molar-refractivity contribution < 1.29 is 37.6 Å². The fourth-order valence-corrected chi connectivity index (χ4v) is 26.3. The molecule has 578 valence electrons. The zero-order chi connectivity index (χ0) is 83.7. The van der Waals surface area contributed by atoms with Crippen molar-refractivity contribution in [2.75, 3.05) is 15.5 Å². The van der Waals surface area contributed by atoms with Crippen LogP contribution < -0.4 is 32.6 Å². The van der Waals surface area contributed by atoms with Crippen LogP contribution in [0.5, 0.6) is 0 Å². The average molecular weight is 1560 g/mol. The third-order valence-electron chi connectivity index (χ3n) is 28.0. The van der Waals surface area contributed by atoms with Crippen LogP contribution in [-0.4, -0.2) is 151 Å². The highest BCUT2D eigenvalue weighted by Gasteiger charge is 2.64. The summed E-state index contributed by atoms with van der Waals surface area (Å²) in [5.41, 5.74) is -0.311. The zero-order valence-electron chi connectivity index (χ0n) is 70.1. The van der Waals surface area contributed by atoms with Crippen molar-refractivity contribution >= 4 is 103 Å². The number of hydrogen-bond acceptors (Lipinski definition) is 22. The van der Waals surface area contributed by atoms with Gasteiger partial charge in [-0.1, -0.05) is 0 Å². The number of fused-ring (bicyclic) bond motifs is 6. The molecule has 11 aromatic heterocycles. The molecule has 16 bridgehead atoms. The van der Waals surface area contributed by atoms with E-state index in [1.54, 1.807) is 36.8 Å². The van der Waals surface area contributed by atoms with E-state index >= 15 is 0 Å². The molecular formula is C78H89Cl2N23O8. The van der Waals surface area contributed by atoms with E-state index in [-0.39, 0.29) is 67.4 Å². The Morgan fingerprint density at radius 3 is 1.16 bits per heavy atom. The minimum absolute atomic E-state index is 0.0302. The van der Waals surface area contributed by atoms with Gasteiger partial charge in [-0.2, -0.15) is 30.1 Å². The fourth-order valence-electron chi connectivity index (χ4n) is 26.0. The number of rotatable bonds is 8. The van der Waals surface area contributed by atoms with Crippen LogP contribution in [0.1, 0.15) is 183 Å². The van der Waals surface area contributed by atoms with Crippen molar-refractivity contribution in [2.45, 2.75) is 219 Å². The Morgan fingerprint density at radius 2 is 0.784 bits per heavy atom. The Labute approximate surface area is 657 Å². The topological polar surface area (TPSA) is 370 Å². The van der Waals surface area contributed by atoms with Crippen LogP contribution in [0.25, 0.3) is 44.8 Å². The molecule has 8 atom stereocenters. The highest BCUT2D eigenvalue weighted by atomic mass is 35.5. The number of anilines is 5. The van der Waals surface area contributed by atoms with Crippen LogP contribution in [-0.2, 0) is 48.8 Å². The summed E-state index contributed by atoms with van der Waals surface area (Å²) in [4.78, 5) is 98.3. The third kappa shape index (κ3) is 11.0. The Morgan fingerprint density at radius 1 is 0.441 bits per heavy atom. The molecule has 16 aliphatic carbocycles. The lowest BCUT2D eigenvalue weighted by atomic mass is 9.50. The van der Waals surface area contributed by atoms with Gasteiger partial charge in [0, 0.05) is 45.0 Å². The highest BCUT2D eigenvalue weighted by molar-refractivity contribution is 6.28. The van der Waals surface area contributed by atoms with Crippen molar-refractivity contribution in [3.05, 3.63) is 121 Å². The molecule has 1 aliphatic heterocycles. The summed E-state index contributed by atoms with van der Waals surface area (Å²) < 4.78 is 82.0. The molecule has 31 nitrogen and oxygen atoms in total. The summed E-state index contributed by atoms with van der Waals surface area (Å²) in [6, 6.07) is 3.76. The van der Waals surface area contributed by atoms with Gasteiger partial charge in [-0.05, 0) is 262 Å². The van der Waals surface area contributed by atoms with Gasteiger partial charge in [0.25, 0.3) is 0 Å². The second-order valence-electron chi connectivity index (χ2n) is 36.2. The predicted octanol–water partition coefficient (Wildman–Crippen LogP) is 8.46. The number of carbonyl (C=O) groups is 1. The van der Waals surface area contributed by atoms with E-state index in [0.717, 1.165) is 152 Å². The standard InChI is InChI=1S/2C23H26N8O2.C16H19ClN4O2.C16H18ClN3O2/c2*1-13-3-18-25-12-26-30(18)10-16(13)27-20-24-9-17-19(28-20)31(21(32)29(17)2)22-5-14-4-15(6-22)8-23(33,7-14)11-22;1-20-11-7-18-13(17)19-12(11)21(14(20)22)15-3-9-2-10(4-15)6-16(23,5-9)8-15;17-14-18-7-11-2-12(21)20(13(11)19-14)15-3-9-1-10(4-15)6-16(22,5-9)8-15/h2*3,9-10,12,14-15,33H,4-8,11H2,1-2H3,(H,24,27,28);7,9-10,23H,2-6,8H2,1H3;7,9-10,22H,1-6,8H2/i2*2D3;1D3;. The molecule has 0 radical (unpaired) electrons. The lowest BCUT2D eigenvalue weighted by Gasteiger charge is -2.62. The molecule has 0 saturated heterocycles. The Balaban J connectivity index is 0.000000101. The number of aryl methyl sites for hydroxylation is 5. The van der Waals surface area contributed by atoms with Crippen LogP contribution in [0.2, 0.25) is 10.6 Å². The van der Waals surface area contributed by atoms with E-state index in [9.17, 15) is 39.6 Å². The number of imidazole rings is 3. The summed E-state index contributed by atoms with van der Waals surface area (Å²) in [7, 11) is 0. The lowest BCUT2D eigenvalue weighted by molar-refractivity contribution is -0.156. The fraction of sp³-hybridized carbons (Fsp3) is 0.590. The predicted molar refractivity (Wildman–Crippen MR) is 409 cm³/mol. The molecule has 0 aromatic carbocycles. The SMILES string of the molecule is O=C1Cc2cnc(Cl)nc2N1C12CC3CC(CC(O)(C3)C1)C2.[2H]C([2H])([2H])n1c(=O)n(C23CC4CC(CC(O)(C4)C2)C3)c2nc(Cl)ncc21.[2H]C([2H])([2H])n1c(=O)n(C23CC4CC(CC(O)(C4)C2)C3)c2nc(Nc3cn4ncnc4cc3C)ncc21.[2H]C([2H])([2H])n1c(=O)n(C23CC4CC(CC(O)(C4)C2)C3)c2nc(Nc3cn4ncnc4cc3C)ncc21. The number of hydrogen-bond donors (Lipinski definition) is 6. The summed E-state index contributed by atoms with van der Waals surface area (Å²) in [5.74, 6) is 4.23. The van der Waals surface area contributed by atoms with E-state index in [0.29, 0.717) is 108 Å². The number of nitrogens with zero attached hydrogens (tertiary/aromatic N) is 21. The maximum Gasteiger partial charge on any atom is 0.330 e. The van der Waals surface area contributed by atoms with Gasteiger partial charge in [0.15, 0.2) is 28.2 Å². The second-order valence-corrected chi connectivity index (χ2v) is 36.8. The van der Waals surface area contributed by atoms with Crippen LogP contribution in [0.4, 0.5) is 29.1 Å². The Kier molecular flexibility index (Phi) is 13.1. The van der Waals surface area contributed by atoms with E-state index in [1.807, 2.05) is 30.9 Å². The van der Waals surface area contributed by atoms with E-state index in [2.05, 4.69) is 60.7 Å². The Hall–Kier alpha value is -9.14. The lowest BCUT2D eigenvalue weighted by Crippen LogP contribution is -2.66. The van der Waals surface area contributed by atoms with Crippen molar-refractivity contribution in [1.82, 2.24) is 96.5 Å². The van der Waals surface area contributed by atoms with Gasteiger partial charge >= 0.3 is 17.1 Å². The van der Waals surface area contributed by atoms with Gasteiger partial charge in [-0.25, -0.2) is 53.3 Å². The van der Waals surface area contributed by atoms with Crippen molar-refractivity contribution in [2.24, 2.45) is 68.3 Å². The zero-order valence-corrected chi connectivity index (χ0v) is 62.7. The maximum atomic E-state index is 13.8. The molecule has 16 fully saturated rings. The molecule has 33 heteroatoms. The number of amides is 1. The number of aliphatic hydroxyl groups is 4. The molecule has 8 unspecified atom stereocenters. The molecule has 28 rings (SSSR count). The van der Waals surface area contributed by atoms with Gasteiger partial charge < -0.3 is 31.1 Å². The van der Waals surface area contributed by atoms with Gasteiger partial charge in [0.1, 0.15) is 35.0 Å². The number of carbonyl (C=O) groups excluding carboxylic acids is 1. The number of aromatic nitrogens is 20. The molecule has 1 amide bonds. The van der Waals surface area contributed by atoms with Crippen LogP contribution >= 0.6 is 23.2 Å². The highest BCUT2D eigenvalue weighted by Crippen LogP contribution is 2.65. The van der Waals surface area contributed by atoms with E-state index in [1.165, 1.54) is 42.2 Å². The van der Waals surface area contributed by atoms with E-state index < -0.39 is 77.0 Å². The van der Waals surface area contributed by atoms with Crippen molar-refractivity contribution in [3.63, 3.8) is 0 Å². The molecular weight excluding hydrogens is 1460 g/mol. The van der Waals surface area contributed by atoms with Gasteiger partial charge in [0.05, 0.1) is 93.3 Å². The summed E-state index contributed by atoms with van der Waals surface area (Å²) in [6.07, 6.45) is 31.6. The normalized spacial score (nSPS) is 36.0. The largest absolute Gasteiger partial charge is 0.390 e. The molecule has 17 aliphatic rings. The van der Waals surface area contributed by atoms with Crippen molar-refractivity contribution in [3.8, 4) is 0 Å². The first-order chi connectivity index (χ1) is 56.6. The van der Waals surface area contributed by atoms with Crippen LogP contribution in [0.3, 0.4) is 0 Å². The minimum Gasteiger partial charge on any atom is -0.390 e. The molecule has 16 saturated carbocycles. The van der Waals surface area contributed by atoms with Crippen LogP contribution in [0, 0.1) is 61.2 Å². The number of nitrogens with one attached hydrogen (secondary N) is 2. The first kappa shape index (κ1) is 60.5. The summed E-state index contributed by atoms with van der Waals surface area (Å²) in [5, 5.41) is 59.5. The first-order valence-corrected chi connectivity index (χ1v) is 39.5. The molecule has 6 N–H and O–H groups in total. The average Bonchev–Trinajstić information content (AvgIpc) is 1.46. The number of halogens is 2. The maximum absolute atomic E-state index is 13.8. The third-order valence-corrected chi connectivity index (χ3v) is 28.3. The van der Waals surface area contributed by atoms with Crippen LogP contribution in [0.15, 0.2) is 76.4 Å². The molecule has 0 spiro atoms. The molecule has 12 heterocycles. The summed E-state index contributed by atoms with van der Waals surface area (Å²) in [6.45, 7) is -4.17. The van der Waals surface area contributed by atoms with E-state index in [4.69, 9.17) is 45.5 Å². The molecule has 111 heavy (non-hydrogen) atoms. The van der Waals surface area contributed by atoms with Gasteiger partial charge in [-0.3, -0.25) is 37.1 Å². The quantitative estimate of drug-likeness (QED) is 0.0776. The van der Waals surface area contributed by atoms with Gasteiger partial charge in [-0.15, -0.1) is 0 Å². The first-order valence-electron chi connectivity index (χ1n) is 43.2. The minimum atomic E-state index is -2.69. The molecule has 11 aromatic rings. The Bertz CT molecular complexity index is 6050.